The van der Waals surface area contributed by atoms with E-state index in [1.54, 1.807) is 10.6 Å². The number of rotatable bonds is 4. The van der Waals surface area contributed by atoms with Crippen LogP contribution in [0.2, 0.25) is 0 Å². The van der Waals surface area contributed by atoms with E-state index < -0.39 is 11.8 Å². The van der Waals surface area contributed by atoms with Crippen molar-refractivity contribution in [3.63, 3.8) is 0 Å². The Balaban J connectivity index is 2.06. The molecule has 25 heavy (non-hydrogen) atoms. The van der Waals surface area contributed by atoms with Gasteiger partial charge in [0.15, 0.2) is 5.65 Å². The van der Waals surface area contributed by atoms with Crippen molar-refractivity contribution in [1.29, 1.82) is 0 Å². The predicted molar refractivity (Wildman–Crippen MR) is 95.3 cm³/mol. The number of imide groups is 1. The zero-order valence-electron chi connectivity index (χ0n) is 13.8. The molecule has 0 saturated carbocycles. The van der Waals surface area contributed by atoms with Crippen molar-refractivity contribution in [1.82, 2.24) is 14.6 Å². The predicted octanol–water partition coefficient (Wildman–Crippen LogP) is 0.888. The van der Waals surface area contributed by atoms with Gasteiger partial charge < -0.3 is 10.6 Å². The third kappa shape index (κ3) is 3.16. The SMILES string of the molecule is C=CC(=O)N(C(=O)C=C)c1nc2cccc(N3CCC[C@@H](N)C3)n2n1. The lowest BCUT2D eigenvalue weighted by molar-refractivity contribution is -0.121. The normalized spacial score (nSPS) is 17.3. The Morgan fingerprint density at radius 2 is 2.00 bits per heavy atom. The molecule has 8 heteroatoms. The average molecular weight is 340 g/mol. The average Bonchev–Trinajstić information content (AvgIpc) is 3.04. The summed E-state index contributed by atoms with van der Waals surface area (Å²) in [7, 11) is 0. The first-order chi connectivity index (χ1) is 12.0. The van der Waals surface area contributed by atoms with E-state index in [4.69, 9.17) is 5.73 Å². The number of aromatic nitrogens is 3. The van der Waals surface area contributed by atoms with Crippen LogP contribution in [0.4, 0.5) is 11.8 Å². The molecule has 2 aromatic heterocycles. The molecule has 2 amide bonds. The molecule has 1 aliphatic heterocycles. The van der Waals surface area contributed by atoms with Crippen molar-refractivity contribution >= 4 is 29.2 Å². The van der Waals surface area contributed by atoms with E-state index in [9.17, 15) is 9.59 Å². The number of pyridine rings is 1. The molecule has 0 spiro atoms. The highest BCUT2D eigenvalue weighted by molar-refractivity contribution is 6.20. The lowest BCUT2D eigenvalue weighted by Gasteiger charge is -2.32. The Kier molecular flexibility index (Phi) is 4.62. The van der Waals surface area contributed by atoms with Crippen molar-refractivity contribution < 1.29 is 9.59 Å². The fraction of sp³-hybridized carbons (Fsp3) is 0.294. The van der Waals surface area contributed by atoms with E-state index in [0.29, 0.717) is 5.65 Å². The first-order valence-corrected chi connectivity index (χ1v) is 8.04. The van der Waals surface area contributed by atoms with E-state index in [1.165, 1.54) is 0 Å². The van der Waals surface area contributed by atoms with Gasteiger partial charge in [-0.2, -0.15) is 9.50 Å². The van der Waals surface area contributed by atoms with Crippen LogP contribution >= 0.6 is 0 Å². The molecule has 1 atom stereocenters. The van der Waals surface area contributed by atoms with Crippen molar-refractivity contribution in [2.24, 2.45) is 5.73 Å². The van der Waals surface area contributed by atoms with Gasteiger partial charge in [-0.05, 0) is 37.1 Å². The molecular formula is C17H20N6O2. The van der Waals surface area contributed by atoms with Crippen molar-refractivity contribution in [2.75, 3.05) is 22.9 Å². The zero-order chi connectivity index (χ0) is 18.0. The van der Waals surface area contributed by atoms with Gasteiger partial charge in [0, 0.05) is 19.1 Å². The molecule has 0 aromatic carbocycles. The fourth-order valence-corrected chi connectivity index (χ4v) is 2.92. The topological polar surface area (TPSA) is 96.8 Å². The summed E-state index contributed by atoms with van der Waals surface area (Å²) in [5, 5.41) is 4.36. The van der Waals surface area contributed by atoms with Crippen molar-refractivity contribution in [3.05, 3.63) is 43.5 Å². The van der Waals surface area contributed by atoms with Crippen LogP contribution in [-0.2, 0) is 9.59 Å². The van der Waals surface area contributed by atoms with Gasteiger partial charge in [-0.25, -0.2) is 4.90 Å². The molecule has 8 nitrogen and oxygen atoms in total. The highest BCUT2D eigenvalue weighted by Gasteiger charge is 2.25. The highest BCUT2D eigenvalue weighted by atomic mass is 16.2. The molecule has 0 aliphatic carbocycles. The largest absolute Gasteiger partial charge is 0.355 e. The van der Waals surface area contributed by atoms with Gasteiger partial charge in [-0.3, -0.25) is 9.59 Å². The number of nitrogens with zero attached hydrogens (tertiary/aromatic N) is 5. The summed E-state index contributed by atoms with van der Waals surface area (Å²) in [5.41, 5.74) is 6.60. The Bertz CT molecular complexity index is 823. The van der Waals surface area contributed by atoms with E-state index in [2.05, 4.69) is 28.1 Å². The van der Waals surface area contributed by atoms with E-state index in [0.717, 1.165) is 48.8 Å². The standard InChI is InChI=1S/C17H20N6O2/c1-3-15(24)22(16(25)4-2)17-19-13-8-5-9-14(23(13)20-17)21-10-6-7-12(18)11-21/h3-5,8-9,12H,1-2,6-7,10-11,18H2/t12-/m1/s1. The van der Waals surface area contributed by atoms with E-state index in [-0.39, 0.29) is 12.0 Å². The molecule has 1 saturated heterocycles. The molecule has 130 valence electrons. The Morgan fingerprint density at radius 1 is 1.28 bits per heavy atom. The van der Waals surface area contributed by atoms with Crippen LogP contribution in [0.25, 0.3) is 5.65 Å². The first-order valence-electron chi connectivity index (χ1n) is 8.04. The molecule has 1 fully saturated rings. The maximum absolute atomic E-state index is 12.0. The molecular weight excluding hydrogens is 320 g/mol. The van der Waals surface area contributed by atoms with Gasteiger partial charge in [0.05, 0.1) is 0 Å². The maximum Gasteiger partial charge on any atom is 0.259 e. The zero-order valence-corrected chi connectivity index (χ0v) is 13.8. The minimum absolute atomic E-state index is 0.0106. The Labute approximate surface area is 145 Å². The quantitative estimate of drug-likeness (QED) is 0.830. The van der Waals surface area contributed by atoms with Crippen LogP contribution in [0.1, 0.15) is 12.8 Å². The first kappa shape index (κ1) is 16.8. The third-order valence-electron chi connectivity index (χ3n) is 4.10. The Morgan fingerprint density at radius 3 is 2.64 bits per heavy atom. The molecule has 2 N–H and O–H groups in total. The second kappa shape index (κ2) is 6.86. The van der Waals surface area contributed by atoms with Crippen LogP contribution in [0.5, 0.6) is 0 Å². The van der Waals surface area contributed by atoms with E-state index >= 15 is 0 Å². The lowest BCUT2D eigenvalue weighted by atomic mass is 10.1. The van der Waals surface area contributed by atoms with Gasteiger partial charge in [0.1, 0.15) is 5.82 Å². The number of hydrogen-bond donors (Lipinski definition) is 1. The van der Waals surface area contributed by atoms with Crippen LogP contribution in [0.3, 0.4) is 0 Å². The number of nitrogens with two attached hydrogens (primary N) is 1. The van der Waals surface area contributed by atoms with Gasteiger partial charge in [0.25, 0.3) is 17.8 Å². The molecule has 1 aliphatic rings. The second-order valence-corrected chi connectivity index (χ2v) is 5.83. The van der Waals surface area contributed by atoms with Crippen LogP contribution in [0.15, 0.2) is 43.5 Å². The summed E-state index contributed by atoms with van der Waals surface area (Å²) >= 11 is 0. The molecule has 3 rings (SSSR count). The fourth-order valence-electron chi connectivity index (χ4n) is 2.92. The summed E-state index contributed by atoms with van der Waals surface area (Å²) in [6.07, 6.45) is 4.06. The summed E-state index contributed by atoms with van der Waals surface area (Å²) in [4.78, 5) is 31.4. The maximum atomic E-state index is 12.0. The molecule has 2 aromatic rings. The minimum Gasteiger partial charge on any atom is -0.355 e. The number of fused-ring (bicyclic) bond motifs is 1. The van der Waals surface area contributed by atoms with Crippen molar-refractivity contribution in [2.45, 2.75) is 18.9 Å². The van der Waals surface area contributed by atoms with Gasteiger partial charge >= 0.3 is 0 Å². The number of carbonyl (C=O) groups excluding carboxylic acids is 2. The summed E-state index contributed by atoms with van der Waals surface area (Å²) in [6, 6.07) is 5.64. The van der Waals surface area contributed by atoms with Gasteiger partial charge in [0.2, 0.25) is 0 Å². The summed E-state index contributed by atoms with van der Waals surface area (Å²) < 4.78 is 1.62. The number of piperidine rings is 1. The summed E-state index contributed by atoms with van der Waals surface area (Å²) in [5.74, 6) is -0.406. The van der Waals surface area contributed by atoms with E-state index in [1.807, 2.05) is 12.1 Å². The van der Waals surface area contributed by atoms with Gasteiger partial charge in [-0.15, -0.1) is 5.10 Å². The highest BCUT2D eigenvalue weighted by Crippen LogP contribution is 2.22. The molecule has 0 unspecified atom stereocenters. The second-order valence-electron chi connectivity index (χ2n) is 5.83. The Hall–Kier alpha value is -3.00. The number of carbonyl (C=O) groups is 2. The minimum atomic E-state index is -0.609. The molecule has 0 bridgehead atoms. The van der Waals surface area contributed by atoms with Crippen LogP contribution in [-0.4, -0.2) is 45.5 Å². The number of anilines is 2. The van der Waals surface area contributed by atoms with Crippen molar-refractivity contribution in [3.8, 4) is 0 Å². The van der Waals surface area contributed by atoms with Crippen LogP contribution < -0.4 is 15.5 Å². The monoisotopic (exact) mass is 340 g/mol. The smallest absolute Gasteiger partial charge is 0.259 e. The third-order valence-corrected chi connectivity index (χ3v) is 4.10. The number of hydrogen-bond acceptors (Lipinski definition) is 6. The molecule has 0 radical (unpaired) electrons. The van der Waals surface area contributed by atoms with Gasteiger partial charge in [-0.1, -0.05) is 19.2 Å². The number of amides is 2. The summed E-state index contributed by atoms with van der Waals surface area (Å²) in [6.45, 7) is 8.41. The lowest BCUT2D eigenvalue weighted by Crippen LogP contribution is -2.43. The molecule has 3 heterocycles. The van der Waals surface area contributed by atoms with Crippen LogP contribution in [0, 0.1) is 0 Å².